The molecule has 26 heavy (non-hydrogen) atoms. The molecule has 3 heterocycles. The lowest BCUT2D eigenvalue weighted by Gasteiger charge is -2.10. The third-order valence-electron chi connectivity index (χ3n) is 4.28. The number of nitrogen functional groups attached to an aromatic ring is 1. The second-order valence-electron chi connectivity index (χ2n) is 6.16. The molecule has 8 heteroatoms. The van der Waals surface area contributed by atoms with E-state index in [0.29, 0.717) is 31.0 Å². The number of nitrogens with two attached hydrogens (primary N) is 2. The van der Waals surface area contributed by atoms with Crippen LogP contribution in [0, 0.1) is 0 Å². The highest BCUT2D eigenvalue weighted by atomic mass is 16.5. The van der Waals surface area contributed by atoms with Crippen molar-refractivity contribution >= 4 is 33.8 Å². The highest BCUT2D eigenvalue weighted by Crippen LogP contribution is 2.28. The second kappa shape index (κ2) is 8.09. The molecule has 0 bridgehead atoms. The van der Waals surface area contributed by atoms with Gasteiger partial charge in [0.15, 0.2) is 5.82 Å². The van der Waals surface area contributed by atoms with Crippen LogP contribution < -0.4 is 11.5 Å². The molecule has 0 unspecified atom stereocenters. The Morgan fingerprint density at radius 2 is 2.08 bits per heavy atom. The number of aryl methyl sites for hydroxylation is 1. The molecule has 3 aromatic rings. The first-order valence-electron chi connectivity index (χ1n) is 8.87. The van der Waals surface area contributed by atoms with E-state index in [2.05, 4.69) is 19.5 Å². The van der Waals surface area contributed by atoms with Gasteiger partial charge in [0.2, 0.25) is 5.91 Å². The van der Waals surface area contributed by atoms with Gasteiger partial charge in [-0.15, -0.1) is 0 Å². The SMILES string of the molecule is CCOCc1nc2c(N)nc3cccnc3c2n1CCCCCC(N)=O. The summed E-state index contributed by atoms with van der Waals surface area (Å²) in [5, 5.41) is 0. The van der Waals surface area contributed by atoms with Crippen LogP contribution in [0.2, 0.25) is 0 Å². The topological polar surface area (TPSA) is 122 Å². The molecule has 0 aliphatic carbocycles. The minimum absolute atomic E-state index is 0.260. The maximum absolute atomic E-state index is 10.9. The molecule has 8 nitrogen and oxygen atoms in total. The van der Waals surface area contributed by atoms with Crippen LogP contribution in [0.4, 0.5) is 5.82 Å². The molecule has 0 saturated carbocycles. The van der Waals surface area contributed by atoms with Crippen LogP contribution in [0.15, 0.2) is 18.3 Å². The Morgan fingerprint density at radius 3 is 2.85 bits per heavy atom. The summed E-state index contributed by atoms with van der Waals surface area (Å²) in [5.74, 6) is 0.943. The highest BCUT2D eigenvalue weighted by Gasteiger charge is 2.17. The van der Waals surface area contributed by atoms with Crippen molar-refractivity contribution in [3.8, 4) is 0 Å². The third-order valence-corrected chi connectivity index (χ3v) is 4.28. The van der Waals surface area contributed by atoms with Crippen LogP contribution in [0.3, 0.4) is 0 Å². The Balaban J connectivity index is 1.97. The Labute approximate surface area is 151 Å². The van der Waals surface area contributed by atoms with Crippen molar-refractivity contribution in [3.05, 3.63) is 24.2 Å². The molecule has 0 atom stereocenters. The lowest BCUT2D eigenvalue weighted by atomic mass is 10.2. The maximum Gasteiger partial charge on any atom is 0.217 e. The van der Waals surface area contributed by atoms with E-state index < -0.39 is 0 Å². The van der Waals surface area contributed by atoms with Crippen molar-refractivity contribution in [2.24, 2.45) is 5.73 Å². The molecule has 0 saturated heterocycles. The summed E-state index contributed by atoms with van der Waals surface area (Å²) in [6.07, 6.45) is 4.74. The van der Waals surface area contributed by atoms with E-state index in [4.69, 9.17) is 16.2 Å². The monoisotopic (exact) mass is 356 g/mol. The van der Waals surface area contributed by atoms with Gasteiger partial charge in [-0.1, -0.05) is 6.42 Å². The molecular formula is C18H24N6O2. The second-order valence-corrected chi connectivity index (χ2v) is 6.16. The molecule has 0 radical (unpaired) electrons. The lowest BCUT2D eigenvalue weighted by molar-refractivity contribution is -0.118. The maximum atomic E-state index is 10.9. The zero-order valence-corrected chi connectivity index (χ0v) is 14.9. The highest BCUT2D eigenvalue weighted by molar-refractivity contribution is 6.04. The number of anilines is 1. The molecule has 0 aromatic carbocycles. The van der Waals surface area contributed by atoms with Gasteiger partial charge in [-0.25, -0.2) is 9.97 Å². The van der Waals surface area contributed by atoms with E-state index in [1.54, 1.807) is 6.20 Å². The van der Waals surface area contributed by atoms with Gasteiger partial charge in [-0.05, 0) is 31.9 Å². The number of nitrogens with zero attached hydrogens (tertiary/aromatic N) is 4. The molecule has 0 aliphatic rings. The van der Waals surface area contributed by atoms with Gasteiger partial charge >= 0.3 is 0 Å². The Kier molecular flexibility index (Phi) is 5.62. The molecule has 0 aliphatic heterocycles. The smallest absolute Gasteiger partial charge is 0.217 e. The lowest BCUT2D eigenvalue weighted by Crippen LogP contribution is -2.10. The number of hydrogen-bond donors (Lipinski definition) is 2. The minimum atomic E-state index is -0.260. The number of fused-ring (bicyclic) bond motifs is 3. The fourth-order valence-electron chi connectivity index (χ4n) is 3.06. The summed E-state index contributed by atoms with van der Waals surface area (Å²) in [6.45, 7) is 3.70. The summed E-state index contributed by atoms with van der Waals surface area (Å²) in [6, 6.07) is 3.73. The number of amides is 1. The Bertz CT molecular complexity index is 921. The molecule has 138 valence electrons. The number of carbonyl (C=O) groups excluding carboxylic acids is 1. The van der Waals surface area contributed by atoms with E-state index in [0.717, 1.165) is 48.2 Å². The van der Waals surface area contributed by atoms with Crippen molar-refractivity contribution in [3.63, 3.8) is 0 Å². The van der Waals surface area contributed by atoms with Crippen LogP contribution >= 0.6 is 0 Å². The fourth-order valence-corrected chi connectivity index (χ4v) is 3.06. The van der Waals surface area contributed by atoms with Crippen LogP contribution in [0.5, 0.6) is 0 Å². The summed E-state index contributed by atoms with van der Waals surface area (Å²) in [4.78, 5) is 24.5. The van der Waals surface area contributed by atoms with Crippen molar-refractivity contribution in [1.82, 2.24) is 19.5 Å². The summed E-state index contributed by atoms with van der Waals surface area (Å²) in [5.41, 5.74) is 14.4. The average molecular weight is 356 g/mol. The standard InChI is InChI=1S/C18H24N6O2/c1-2-26-11-14-23-16-17(24(14)10-5-3-4-8-13(19)25)15-12(22-18(16)20)7-6-9-21-15/h6-7,9H,2-5,8,10-11H2,1H3,(H2,19,25)(H2,20,22). The number of ether oxygens (including phenoxy) is 1. The first-order valence-corrected chi connectivity index (χ1v) is 8.87. The molecule has 3 aromatic heterocycles. The largest absolute Gasteiger partial charge is 0.382 e. The van der Waals surface area contributed by atoms with Gasteiger partial charge < -0.3 is 20.8 Å². The number of carbonyl (C=O) groups is 1. The quantitative estimate of drug-likeness (QED) is 0.566. The van der Waals surface area contributed by atoms with E-state index in [9.17, 15) is 4.79 Å². The zero-order valence-electron chi connectivity index (χ0n) is 14.9. The van der Waals surface area contributed by atoms with Crippen LogP contribution in [0.1, 0.15) is 38.4 Å². The van der Waals surface area contributed by atoms with Gasteiger partial charge in [0.25, 0.3) is 0 Å². The normalized spacial score (nSPS) is 11.4. The first-order chi connectivity index (χ1) is 12.6. The molecule has 1 amide bonds. The number of rotatable bonds is 9. The van der Waals surface area contributed by atoms with E-state index in [-0.39, 0.29) is 5.91 Å². The molecular weight excluding hydrogens is 332 g/mol. The number of primary amides is 1. The molecule has 0 spiro atoms. The van der Waals surface area contributed by atoms with Gasteiger partial charge in [0, 0.05) is 25.8 Å². The Hall–Kier alpha value is -2.74. The van der Waals surface area contributed by atoms with Crippen molar-refractivity contribution in [2.75, 3.05) is 12.3 Å². The molecule has 3 rings (SSSR count). The van der Waals surface area contributed by atoms with Crippen molar-refractivity contribution < 1.29 is 9.53 Å². The van der Waals surface area contributed by atoms with Gasteiger partial charge in [-0.2, -0.15) is 0 Å². The van der Waals surface area contributed by atoms with Crippen molar-refractivity contribution in [1.29, 1.82) is 0 Å². The zero-order chi connectivity index (χ0) is 18.5. The van der Waals surface area contributed by atoms with E-state index in [1.165, 1.54) is 0 Å². The average Bonchev–Trinajstić information content (AvgIpc) is 2.99. The van der Waals surface area contributed by atoms with Gasteiger partial charge in [0.05, 0.1) is 5.52 Å². The minimum Gasteiger partial charge on any atom is -0.382 e. The summed E-state index contributed by atoms with van der Waals surface area (Å²) < 4.78 is 7.69. The predicted octanol–water partition coefficient (Wildman–Crippen LogP) is 2.14. The Morgan fingerprint density at radius 1 is 1.23 bits per heavy atom. The third kappa shape index (κ3) is 3.75. The van der Waals surface area contributed by atoms with Gasteiger partial charge in [-0.3, -0.25) is 9.78 Å². The van der Waals surface area contributed by atoms with Gasteiger partial charge in [0.1, 0.15) is 29.0 Å². The predicted molar refractivity (Wildman–Crippen MR) is 100 cm³/mol. The first kappa shape index (κ1) is 18.1. The molecule has 0 fully saturated rings. The fraction of sp³-hybridized carbons (Fsp3) is 0.444. The summed E-state index contributed by atoms with van der Waals surface area (Å²) in [7, 11) is 0. The van der Waals surface area contributed by atoms with E-state index >= 15 is 0 Å². The van der Waals surface area contributed by atoms with Crippen molar-refractivity contribution in [2.45, 2.75) is 45.8 Å². The van der Waals surface area contributed by atoms with Crippen LogP contribution in [-0.2, 0) is 22.7 Å². The van der Waals surface area contributed by atoms with Crippen LogP contribution in [-0.4, -0.2) is 32.0 Å². The van der Waals surface area contributed by atoms with E-state index in [1.807, 2.05) is 19.1 Å². The number of aromatic nitrogens is 4. The molecule has 4 N–H and O–H groups in total. The number of imidazole rings is 1. The number of hydrogen-bond acceptors (Lipinski definition) is 6. The summed E-state index contributed by atoms with van der Waals surface area (Å²) >= 11 is 0. The number of unbranched alkanes of at least 4 members (excludes halogenated alkanes) is 2. The number of pyridine rings is 2. The van der Waals surface area contributed by atoms with Crippen LogP contribution in [0.25, 0.3) is 22.1 Å².